The van der Waals surface area contributed by atoms with Gasteiger partial charge in [0.25, 0.3) is 5.91 Å². The number of hydrogen-bond acceptors (Lipinski definition) is 4. The van der Waals surface area contributed by atoms with Gasteiger partial charge in [-0.3, -0.25) is 4.79 Å². The molecule has 1 heterocycles. The van der Waals surface area contributed by atoms with Crippen molar-refractivity contribution < 1.29 is 14.6 Å². The Kier molecular flexibility index (Phi) is 4.99. The summed E-state index contributed by atoms with van der Waals surface area (Å²) in [6.45, 7) is 1.19. The molecule has 1 aromatic rings. The maximum atomic E-state index is 12.5. The number of carbonyl (C=O) groups is 1. The van der Waals surface area contributed by atoms with E-state index in [1.54, 1.807) is 7.05 Å². The molecule has 116 valence electrons. The number of nitrogens with two attached hydrogens (primary N) is 1. The van der Waals surface area contributed by atoms with Crippen molar-refractivity contribution in [2.45, 2.75) is 18.4 Å². The van der Waals surface area contributed by atoms with Crippen LogP contribution < -0.4 is 5.73 Å². The molecule has 0 unspecified atom stereocenters. The summed E-state index contributed by atoms with van der Waals surface area (Å²) in [5, 5.41) is 10.9. The molecule has 0 aromatic heterocycles. The number of nitrogens with zero attached hydrogens (tertiary/aromatic N) is 1. The average Bonchev–Trinajstić information content (AvgIpc) is 2.42. The van der Waals surface area contributed by atoms with Crippen molar-refractivity contribution in [2.24, 2.45) is 0 Å². The molecular weight excluding hydrogens is 315 g/mol. The van der Waals surface area contributed by atoms with Gasteiger partial charge in [0.15, 0.2) is 0 Å². The van der Waals surface area contributed by atoms with E-state index in [9.17, 15) is 9.90 Å². The zero-order valence-corrected chi connectivity index (χ0v) is 13.2. The number of anilines is 1. The summed E-state index contributed by atoms with van der Waals surface area (Å²) in [4.78, 5) is 13.9. The van der Waals surface area contributed by atoms with Crippen LogP contribution in [-0.2, 0) is 4.74 Å². The van der Waals surface area contributed by atoms with Crippen LogP contribution >= 0.6 is 23.2 Å². The number of benzene rings is 1. The molecule has 0 radical (unpaired) electrons. The number of carbonyl (C=O) groups excluding carboxylic acids is 1. The molecule has 5 nitrogen and oxygen atoms in total. The van der Waals surface area contributed by atoms with E-state index in [0.717, 1.165) is 0 Å². The first-order valence-corrected chi connectivity index (χ1v) is 7.38. The second-order valence-electron chi connectivity index (χ2n) is 5.36. The summed E-state index contributed by atoms with van der Waals surface area (Å²) in [5.74, 6) is -0.325. The molecule has 1 aliphatic rings. The van der Waals surface area contributed by atoms with Gasteiger partial charge < -0.3 is 20.5 Å². The van der Waals surface area contributed by atoms with Crippen molar-refractivity contribution in [1.82, 2.24) is 4.90 Å². The SMILES string of the molecule is CN(CC1(O)CCOCC1)C(=O)c1cc(N)cc(Cl)c1Cl. The quantitative estimate of drug-likeness (QED) is 0.832. The number of hydrogen-bond donors (Lipinski definition) is 2. The van der Waals surface area contributed by atoms with Gasteiger partial charge in [0, 0.05) is 45.3 Å². The van der Waals surface area contributed by atoms with E-state index in [0.29, 0.717) is 31.7 Å². The van der Waals surface area contributed by atoms with Crippen LogP contribution in [0.1, 0.15) is 23.2 Å². The number of halogens is 2. The summed E-state index contributed by atoms with van der Waals surface area (Å²) in [7, 11) is 1.61. The van der Waals surface area contributed by atoms with E-state index in [1.807, 2.05) is 0 Å². The first-order valence-electron chi connectivity index (χ1n) is 6.62. The molecule has 0 spiro atoms. The zero-order chi connectivity index (χ0) is 15.6. The lowest BCUT2D eigenvalue weighted by molar-refractivity contribution is -0.0734. The van der Waals surface area contributed by atoms with Gasteiger partial charge in [0.1, 0.15) is 0 Å². The van der Waals surface area contributed by atoms with E-state index in [4.69, 9.17) is 33.7 Å². The molecule has 2 rings (SSSR count). The Morgan fingerprint density at radius 1 is 1.43 bits per heavy atom. The highest BCUT2D eigenvalue weighted by molar-refractivity contribution is 6.44. The Labute approximate surface area is 133 Å². The summed E-state index contributed by atoms with van der Waals surface area (Å²) in [5.41, 5.74) is 5.37. The molecule has 21 heavy (non-hydrogen) atoms. The van der Waals surface area contributed by atoms with Crippen molar-refractivity contribution in [2.75, 3.05) is 32.5 Å². The first kappa shape index (κ1) is 16.4. The minimum absolute atomic E-state index is 0.168. The largest absolute Gasteiger partial charge is 0.399 e. The molecule has 1 saturated heterocycles. The van der Waals surface area contributed by atoms with Gasteiger partial charge in [-0.1, -0.05) is 23.2 Å². The molecule has 1 aliphatic heterocycles. The highest BCUT2D eigenvalue weighted by Gasteiger charge is 2.33. The fourth-order valence-corrected chi connectivity index (χ4v) is 2.81. The van der Waals surface area contributed by atoms with Crippen LogP contribution in [0.15, 0.2) is 12.1 Å². The Balaban J connectivity index is 2.16. The average molecular weight is 333 g/mol. The Hall–Kier alpha value is -1.01. The predicted octanol–water partition coefficient (Wildman–Crippen LogP) is 2.19. The van der Waals surface area contributed by atoms with Crippen LogP contribution in [0.25, 0.3) is 0 Å². The summed E-state index contributed by atoms with van der Waals surface area (Å²) in [6, 6.07) is 2.98. The standard InChI is InChI=1S/C14H18Cl2N2O3/c1-18(8-14(20)2-4-21-5-3-14)13(19)10-6-9(17)7-11(15)12(10)16/h6-7,20H,2-5,8,17H2,1H3. The molecular formula is C14H18Cl2N2O3. The van der Waals surface area contributed by atoms with Gasteiger partial charge in [-0.15, -0.1) is 0 Å². The molecule has 7 heteroatoms. The van der Waals surface area contributed by atoms with E-state index in [-0.39, 0.29) is 28.1 Å². The van der Waals surface area contributed by atoms with Crippen molar-refractivity contribution in [3.05, 3.63) is 27.7 Å². The summed E-state index contributed by atoms with van der Waals surface area (Å²) >= 11 is 12.0. The molecule has 1 fully saturated rings. The van der Waals surface area contributed by atoms with Gasteiger partial charge in [0.2, 0.25) is 0 Å². The maximum Gasteiger partial charge on any atom is 0.255 e. The second-order valence-corrected chi connectivity index (χ2v) is 6.15. The van der Waals surface area contributed by atoms with Gasteiger partial charge in [-0.2, -0.15) is 0 Å². The van der Waals surface area contributed by atoms with Gasteiger partial charge in [-0.05, 0) is 12.1 Å². The number of rotatable bonds is 3. The minimum Gasteiger partial charge on any atom is -0.399 e. The maximum absolute atomic E-state index is 12.5. The molecule has 1 amide bonds. The Bertz CT molecular complexity index is 545. The summed E-state index contributed by atoms with van der Waals surface area (Å²) < 4.78 is 5.22. The summed E-state index contributed by atoms with van der Waals surface area (Å²) in [6.07, 6.45) is 0.992. The predicted molar refractivity (Wildman–Crippen MR) is 82.8 cm³/mol. The first-order chi connectivity index (χ1) is 9.82. The molecule has 1 aromatic carbocycles. The smallest absolute Gasteiger partial charge is 0.255 e. The third-order valence-electron chi connectivity index (χ3n) is 3.58. The van der Waals surface area contributed by atoms with E-state index in [1.165, 1.54) is 17.0 Å². The van der Waals surface area contributed by atoms with E-state index < -0.39 is 5.60 Å². The van der Waals surface area contributed by atoms with Gasteiger partial charge >= 0.3 is 0 Å². The monoisotopic (exact) mass is 332 g/mol. The number of ether oxygens (including phenoxy) is 1. The van der Waals surface area contributed by atoms with E-state index in [2.05, 4.69) is 0 Å². The lowest BCUT2D eigenvalue weighted by Crippen LogP contribution is -2.47. The Morgan fingerprint density at radius 3 is 2.67 bits per heavy atom. The number of aliphatic hydroxyl groups is 1. The number of likely N-dealkylation sites (N-methyl/N-ethyl adjacent to an activating group) is 1. The highest BCUT2D eigenvalue weighted by Crippen LogP contribution is 2.30. The fraction of sp³-hybridized carbons (Fsp3) is 0.500. The molecule has 0 bridgehead atoms. The molecule has 3 N–H and O–H groups in total. The lowest BCUT2D eigenvalue weighted by atomic mass is 9.93. The Morgan fingerprint density at radius 2 is 2.05 bits per heavy atom. The van der Waals surface area contributed by atoms with E-state index >= 15 is 0 Å². The third kappa shape index (κ3) is 3.80. The van der Waals surface area contributed by atoms with Crippen LogP contribution in [-0.4, -0.2) is 48.3 Å². The van der Waals surface area contributed by atoms with Crippen molar-refractivity contribution in [3.8, 4) is 0 Å². The fourth-order valence-electron chi connectivity index (χ4n) is 2.39. The second kappa shape index (κ2) is 6.40. The zero-order valence-electron chi connectivity index (χ0n) is 11.7. The third-order valence-corrected chi connectivity index (χ3v) is 4.38. The van der Waals surface area contributed by atoms with Crippen LogP contribution in [0.5, 0.6) is 0 Å². The molecule has 0 atom stereocenters. The van der Waals surface area contributed by atoms with Crippen LogP contribution in [0, 0.1) is 0 Å². The number of amides is 1. The minimum atomic E-state index is -0.931. The number of nitrogen functional groups attached to an aromatic ring is 1. The topological polar surface area (TPSA) is 75.8 Å². The van der Waals surface area contributed by atoms with Gasteiger partial charge in [-0.25, -0.2) is 0 Å². The normalized spacial score (nSPS) is 17.5. The van der Waals surface area contributed by atoms with Crippen LogP contribution in [0.4, 0.5) is 5.69 Å². The van der Waals surface area contributed by atoms with Crippen LogP contribution in [0.2, 0.25) is 10.0 Å². The molecule has 0 aliphatic carbocycles. The van der Waals surface area contributed by atoms with Crippen LogP contribution in [0.3, 0.4) is 0 Å². The van der Waals surface area contributed by atoms with Crippen molar-refractivity contribution in [3.63, 3.8) is 0 Å². The van der Waals surface area contributed by atoms with Crippen molar-refractivity contribution in [1.29, 1.82) is 0 Å². The molecule has 0 saturated carbocycles. The van der Waals surface area contributed by atoms with Gasteiger partial charge in [0.05, 0.1) is 21.2 Å². The lowest BCUT2D eigenvalue weighted by Gasteiger charge is -2.35. The highest BCUT2D eigenvalue weighted by atomic mass is 35.5. The van der Waals surface area contributed by atoms with Crippen molar-refractivity contribution >= 4 is 34.8 Å².